The van der Waals surface area contributed by atoms with E-state index in [2.05, 4.69) is 15.2 Å². The van der Waals surface area contributed by atoms with E-state index in [1.54, 1.807) is 29.3 Å². The Morgan fingerprint density at radius 2 is 2.05 bits per heavy atom. The molecule has 0 saturated carbocycles. The molecule has 0 bridgehead atoms. The third kappa shape index (κ3) is 3.08. The minimum absolute atomic E-state index is 0.258. The van der Waals surface area contributed by atoms with Crippen LogP contribution in [0.3, 0.4) is 0 Å². The van der Waals surface area contributed by atoms with Crippen molar-refractivity contribution in [1.82, 2.24) is 9.88 Å². The second kappa shape index (κ2) is 6.30. The molecule has 0 aliphatic carbocycles. The van der Waals surface area contributed by atoms with E-state index in [-0.39, 0.29) is 11.7 Å². The fraction of sp³-hybridized carbons (Fsp3) is 0.267. The second-order valence-electron chi connectivity index (χ2n) is 4.96. The van der Waals surface area contributed by atoms with Gasteiger partial charge < -0.3 is 19.5 Å². The van der Waals surface area contributed by atoms with Crippen molar-refractivity contribution >= 4 is 23.8 Å². The van der Waals surface area contributed by atoms with Gasteiger partial charge >= 0.3 is 0 Å². The molecule has 1 N–H and O–H groups in total. The summed E-state index contributed by atoms with van der Waals surface area (Å²) in [5, 5.41) is 2.72. The van der Waals surface area contributed by atoms with Gasteiger partial charge in [-0.1, -0.05) is 0 Å². The zero-order valence-corrected chi connectivity index (χ0v) is 11.9. The zero-order chi connectivity index (χ0) is 15.4. The highest BCUT2D eigenvalue weighted by Crippen LogP contribution is 2.16. The first-order valence-electron chi connectivity index (χ1n) is 7.01. The van der Waals surface area contributed by atoms with Crippen LogP contribution in [0.5, 0.6) is 0 Å². The van der Waals surface area contributed by atoms with Gasteiger partial charge in [-0.05, 0) is 24.3 Å². The Labute approximate surface area is 127 Å². The summed E-state index contributed by atoms with van der Waals surface area (Å²) in [5.41, 5.74) is 0.608. The number of carbonyl (C=O) groups excluding carboxylic acids is 2. The van der Waals surface area contributed by atoms with Gasteiger partial charge in [0, 0.05) is 26.2 Å². The molecule has 1 aliphatic rings. The molecule has 1 aliphatic heterocycles. The normalized spacial score (nSPS) is 14.7. The predicted molar refractivity (Wildman–Crippen MR) is 80.7 cm³/mol. The first-order valence-corrected chi connectivity index (χ1v) is 7.01. The number of furan rings is 1. The molecule has 3 rings (SSSR count). The van der Waals surface area contributed by atoms with Crippen molar-refractivity contribution in [3.05, 3.63) is 42.5 Å². The van der Waals surface area contributed by atoms with Gasteiger partial charge in [0.15, 0.2) is 5.76 Å². The first-order chi connectivity index (χ1) is 10.8. The summed E-state index contributed by atoms with van der Waals surface area (Å²) in [4.78, 5) is 30.8. The highest BCUT2D eigenvalue weighted by atomic mass is 16.3. The summed E-state index contributed by atoms with van der Waals surface area (Å²) in [6.45, 7) is 2.90. The average Bonchev–Trinajstić information content (AvgIpc) is 3.10. The Balaban J connectivity index is 1.61. The molecule has 0 radical (unpaired) electrons. The van der Waals surface area contributed by atoms with Crippen molar-refractivity contribution in [1.29, 1.82) is 0 Å². The molecule has 114 valence electrons. The Hall–Kier alpha value is -2.83. The van der Waals surface area contributed by atoms with Gasteiger partial charge in [0.2, 0.25) is 6.41 Å². The Morgan fingerprint density at radius 3 is 2.64 bits per heavy atom. The van der Waals surface area contributed by atoms with Crippen LogP contribution < -0.4 is 10.2 Å². The standard InChI is InChI=1S/C15H16N4O3/c20-11-18-5-7-19(8-6-18)14-4-3-12(10-16-14)17-15(21)13-2-1-9-22-13/h1-4,9-11H,5-8H2,(H,17,21). The molecule has 0 aromatic carbocycles. The maximum absolute atomic E-state index is 11.8. The fourth-order valence-electron chi connectivity index (χ4n) is 2.30. The predicted octanol–water partition coefficient (Wildman–Crippen LogP) is 1.21. The van der Waals surface area contributed by atoms with Crippen LogP contribution in [0.15, 0.2) is 41.1 Å². The molecule has 3 heterocycles. The number of rotatable bonds is 4. The van der Waals surface area contributed by atoms with Gasteiger partial charge in [-0.2, -0.15) is 0 Å². The van der Waals surface area contributed by atoms with Gasteiger partial charge in [0.05, 0.1) is 18.1 Å². The van der Waals surface area contributed by atoms with Gasteiger partial charge in [-0.3, -0.25) is 9.59 Å². The summed E-state index contributed by atoms with van der Waals surface area (Å²) in [5.74, 6) is 0.787. The lowest BCUT2D eigenvalue weighted by Gasteiger charge is -2.33. The van der Waals surface area contributed by atoms with Crippen LogP contribution in [-0.4, -0.2) is 48.4 Å². The van der Waals surface area contributed by atoms with Gasteiger partial charge in [-0.15, -0.1) is 0 Å². The topological polar surface area (TPSA) is 78.7 Å². The SMILES string of the molecule is O=CN1CCN(c2ccc(NC(=O)c3ccco3)cn2)CC1. The molecule has 7 heteroatoms. The molecule has 7 nitrogen and oxygen atoms in total. The summed E-state index contributed by atoms with van der Waals surface area (Å²) >= 11 is 0. The minimum Gasteiger partial charge on any atom is -0.459 e. The van der Waals surface area contributed by atoms with Gasteiger partial charge in [-0.25, -0.2) is 4.98 Å². The third-order valence-electron chi connectivity index (χ3n) is 3.54. The number of amides is 2. The van der Waals surface area contributed by atoms with Crippen molar-refractivity contribution in [2.45, 2.75) is 0 Å². The van der Waals surface area contributed by atoms with Crippen molar-refractivity contribution in [2.24, 2.45) is 0 Å². The van der Waals surface area contributed by atoms with Crippen LogP contribution in [0.2, 0.25) is 0 Å². The zero-order valence-electron chi connectivity index (χ0n) is 11.9. The molecule has 0 unspecified atom stereocenters. The van der Waals surface area contributed by atoms with Crippen LogP contribution in [-0.2, 0) is 4.79 Å². The molecular formula is C15H16N4O3. The van der Waals surface area contributed by atoms with E-state index in [4.69, 9.17) is 4.42 Å². The quantitative estimate of drug-likeness (QED) is 0.859. The smallest absolute Gasteiger partial charge is 0.291 e. The monoisotopic (exact) mass is 300 g/mol. The Kier molecular flexibility index (Phi) is 4.04. The molecule has 1 saturated heterocycles. The number of anilines is 2. The molecule has 0 atom stereocenters. The van der Waals surface area contributed by atoms with Crippen LogP contribution in [0, 0.1) is 0 Å². The maximum Gasteiger partial charge on any atom is 0.291 e. The highest BCUT2D eigenvalue weighted by molar-refractivity contribution is 6.02. The summed E-state index contributed by atoms with van der Waals surface area (Å²) in [6.07, 6.45) is 3.94. The minimum atomic E-state index is -0.306. The summed E-state index contributed by atoms with van der Waals surface area (Å²) in [6, 6.07) is 6.92. The number of piperazine rings is 1. The van der Waals surface area contributed by atoms with E-state index in [1.807, 2.05) is 6.07 Å². The van der Waals surface area contributed by atoms with E-state index in [1.165, 1.54) is 6.26 Å². The lowest BCUT2D eigenvalue weighted by Crippen LogP contribution is -2.46. The van der Waals surface area contributed by atoms with Crippen LogP contribution in [0.1, 0.15) is 10.6 Å². The summed E-state index contributed by atoms with van der Waals surface area (Å²) < 4.78 is 5.03. The lowest BCUT2D eigenvalue weighted by molar-refractivity contribution is -0.118. The Morgan fingerprint density at radius 1 is 1.23 bits per heavy atom. The van der Waals surface area contributed by atoms with E-state index in [0.717, 1.165) is 25.3 Å². The van der Waals surface area contributed by atoms with Gasteiger partial charge in [0.1, 0.15) is 5.82 Å². The van der Waals surface area contributed by atoms with Crippen molar-refractivity contribution < 1.29 is 14.0 Å². The van der Waals surface area contributed by atoms with Crippen molar-refractivity contribution in [2.75, 3.05) is 36.4 Å². The number of carbonyl (C=O) groups is 2. The average molecular weight is 300 g/mol. The van der Waals surface area contributed by atoms with E-state index in [9.17, 15) is 9.59 Å². The van der Waals surface area contributed by atoms with Crippen LogP contribution in [0.25, 0.3) is 0 Å². The molecule has 2 aromatic heterocycles. The fourth-order valence-corrected chi connectivity index (χ4v) is 2.30. The number of nitrogens with one attached hydrogen (secondary N) is 1. The van der Waals surface area contributed by atoms with Crippen molar-refractivity contribution in [3.8, 4) is 0 Å². The van der Waals surface area contributed by atoms with E-state index >= 15 is 0 Å². The van der Waals surface area contributed by atoms with Crippen LogP contribution >= 0.6 is 0 Å². The third-order valence-corrected chi connectivity index (χ3v) is 3.54. The maximum atomic E-state index is 11.8. The Bertz CT molecular complexity index is 631. The summed E-state index contributed by atoms with van der Waals surface area (Å²) in [7, 11) is 0. The number of hydrogen-bond acceptors (Lipinski definition) is 5. The first kappa shape index (κ1) is 14.1. The molecule has 1 fully saturated rings. The molecule has 22 heavy (non-hydrogen) atoms. The number of hydrogen-bond donors (Lipinski definition) is 1. The van der Waals surface area contributed by atoms with E-state index in [0.29, 0.717) is 18.8 Å². The number of nitrogens with zero attached hydrogens (tertiary/aromatic N) is 3. The van der Waals surface area contributed by atoms with Crippen LogP contribution in [0.4, 0.5) is 11.5 Å². The van der Waals surface area contributed by atoms with Gasteiger partial charge in [0.25, 0.3) is 5.91 Å². The van der Waals surface area contributed by atoms with E-state index < -0.39 is 0 Å². The molecule has 0 spiro atoms. The molecule has 2 aromatic rings. The second-order valence-corrected chi connectivity index (χ2v) is 4.96. The largest absolute Gasteiger partial charge is 0.459 e. The lowest BCUT2D eigenvalue weighted by atomic mass is 10.3. The number of aromatic nitrogens is 1. The highest BCUT2D eigenvalue weighted by Gasteiger charge is 2.16. The molecular weight excluding hydrogens is 284 g/mol. The number of pyridine rings is 1. The van der Waals surface area contributed by atoms with Crippen molar-refractivity contribution in [3.63, 3.8) is 0 Å². The molecule has 2 amide bonds.